The first-order chi connectivity index (χ1) is 12.8. The minimum Gasteiger partial charge on any atom is -0.0713 e. The van der Waals surface area contributed by atoms with Gasteiger partial charge in [0, 0.05) is 33.0 Å². The van der Waals surface area contributed by atoms with Crippen LogP contribution in [-0.2, 0) is 18.3 Å². The maximum atomic E-state index is 2.60. The smallest absolute Gasteiger partial charge is 0.0450 e. The minimum absolute atomic E-state index is 0.216. The van der Waals surface area contributed by atoms with Gasteiger partial charge in [-0.15, -0.1) is 0 Å². The van der Waals surface area contributed by atoms with Gasteiger partial charge in [-0.3, -0.25) is 0 Å². The summed E-state index contributed by atoms with van der Waals surface area (Å²) in [7, 11) is -3.88. The van der Waals surface area contributed by atoms with Crippen molar-refractivity contribution in [1.82, 2.24) is 0 Å². The summed E-state index contributed by atoms with van der Waals surface area (Å²) in [5, 5.41) is 1.87. The van der Waals surface area contributed by atoms with Gasteiger partial charge in [-0.2, -0.15) is 0 Å². The first kappa shape index (κ1) is 27.1. The predicted molar refractivity (Wildman–Crippen MR) is 148 cm³/mol. The lowest BCUT2D eigenvalue weighted by molar-refractivity contribution is 0.574. The third kappa shape index (κ3) is 7.62. The van der Waals surface area contributed by atoms with Gasteiger partial charge in [0.1, 0.15) is 0 Å². The highest BCUT2D eigenvalue weighted by Crippen LogP contribution is 2.40. The number of benzene rings is 1. The van der Waals surface area contributed by atoms with Gasteiger partial charge in [0.25, 0.3) is 0 Å². The zero-order valence-electron chi connectivity index (χ0n) is 22.3. The third-order valence-corrected chi connectivity index (χ3v) is 24.7. The van der Waals surface area contributed by atoms with Gasteiger partial charge in [0.15, 0.2) is 0 Å². The molecule has 1 aromatic carbocycles. The summed E-state index contributed by atoms with van der Waals surface area (Å²) >= 11 is 0. The summed E-state index contributed by atoms with van der Waals surface area (Å²) in [5.41, 5.74) is 5.24. The average molecular weight is 464 g/mol. The molecule has 0 aliphatic heterocycles. The highest BCUT2D eigenvalue weighted by atomic mass is 28.4. The van der Waals surface area contributed by atoms with Gasteiger partial charge in [-0.25, -0.2) is 0 Å². The fraction of sp³-hybridized carbons (Fsp3) is 0.760. The molecule has 1 radical (unpaired) electrons. The van der Waals surface area contributed by atoms with E-state index >= 15 is 0 Å². The average Bonchev–Trinajstić information content (AvgIpc) is 2.45. The molecule has 0 spiro atoms. The van der Waals surface area contributed by atoms with E-state index in [1.165, 1.54) is 12.8 Å². The van der Waals surface area contributed by atoms with E-state index in [9.17, 15) is 0 Å². The van der Waals surface area contributed by atoms with E-state index in [0.29, 0.717) is 0 Å². The van der Waals surface area contributed by atoms with Crippen LogP contribution in [0.1, 0.15) is 37.5 Å². The van der Waals surface area contributed by atoms with Crippen molar-refractivity contribution in [3.63, 3.8) is 0 Å². The highest BCUT2D eigenvalue weighted by Gasteiger charge is 2.39. The van der Waals surface area contributed by atoms with E-state index in [2.05, 4.69) is 111 Å². The summed E-state index contributed by atoms with van der Waals surface area (Å²) in [6.45, 7) is 35.8. The molecule has 1 unspecified atom stereocenters. The molecule has 0 nitrogen and oxygen atoms in total. The van der Waals surface area contributed by atoms with E-state index in [4.69, 9.17) is 0 Å². The van der Waals surface area contributed by atoms with Crippen LogP contribution < -0.4 is 0 Å². The van der Waals surface area contributed by atoms with Gasteiger partial charge in [0.05, 0.1) is 0 Å². The van der Waals surface area contributed by atoms with E-state index in [-0.39, 0.29) is 14.2 Å². The van der Waals surface area contributed by atoms with Gasteiger partial charge in [-0.05, 0) is 45.3 Å². The molecule has 0 aromatic heterocycles. The second-order valence-electron chi connectivity index (χ2n) is 13.9. The molecule has 0 heterocycles. The maximum absolute atomic E-state index is 2.60. The van der Waals surface area contributed by atoms with Gasteiger partial charge < -0.3 is 0 Å². The lowest BCUT2D eigenvalue weighted by Gasteiger charge is -2.40. The largest absolute Gasteiger partial charge is 0.0713 e. The van der Waals surface area contributed by atoms with E-state index in [1.54, 1.807) is 16.7 Å². The van der Waals surface area contributed by atoms with Crippen molar-refractivity contribution in [2.45, 2.75) is 121 Å². The van der Waals surface area contributed by atoms with Crippen LogP contribution in [0.3, 0.4) is 0 Å². The normalized spacial score (nSPS) is 15.3. The summed E-state index contributed by atoms with van der Waals surface area (Å²) < 4.78 is 0. The Morgan fingerprint density at radius 2 is 1.14 bits per heavy atom. The Morgan fingerprint density at radius 1 is 0.724 bits per heavy atom. The van der Waals surface area contributed by atoms with Crippen molar-refractivity contribution in [3.05, 3.63) is 34.9 Å². The number of hydrogen-bond donors (Lipinski definition) is 0. The molecule has 1 aromatic rings. The topological polar surface area (TPSA) is 0 Å². The molecule has 0 saturated carbocycles. The van der Waals surface area contributed by atoms with Crippen molar-refractivity contribution in [2.75, 3.05) is 0 Å². The van der Waals surface area contributed by atoms with Crippen molar-refractivity contribution >= 4 is 33.0 Å². The highest BCUT2D eigenvalue weighted by molar-refractivity contribution is 6.96. The van der Waals surface area contributed by atoms with Crippen molar-refractivity contribution in [2.24, 2.45) is 0 Å². The van der Waals surface area contributed by atoms with E-state index < -0.39 is 24.2 Å². The van der Waals surface area contributed by atoms with Gasteiger partial charge in [-0.1, -0.05) is 111 Å². The van der Waals surface area contributed by atoms with Crippen molar-refractivity contribution in [3.8, 4) is 0 Å². The second kappa shape index (κ2) is 9.29. The summed E-state index contributed by atoms with van der Waals surface area (Å²) in [6.07, 6.45) is 2.61. The first-order valence-electron chi connectivity index (χ1n) is 11.7. The summed E-state index contributed by atoms with van der Waals surface area (Å²) in [6, 6.07) is 7.33. The Labute approximate surface area is 188 Å². The molecule has 167 valence electrons. The molecule has 1 atom stereocenters. The quantitative estimate of drug-likeness (QED) is 0.338. The molecule has 1 rings (SSSR count). The van der Waals surface area contributed by atoms with Crippen LogP contribution in [0, 0.1) is 0 Å². The lowest BCUT2D eigenvalue weighted by atomic mass is 9.79. The van der Waals surface area contributed by atoms with Crippen molar-refractivity contribution < 1.29 is 0 Å². The Hall–Kier alpha value is 0.0875. The number of rotatable bonds is 8. The molecule has 4 heteroatoms. The SMILES string of the molecule is C[Si](C)C(Cc1cccc(CC([Si](C)(C)C)[Si](C)(C)C)c1C(C)(C)C)[Si](C)(C)C. The molecule has 0 aliphatic carbocycles. The molecule has 0 fully saturated rings. The minimum atomic E-state index is -1.21. The predicted octanol–water partition coefficient (Wildman–Crippen LogP) is 8.66. The molecular weight excluding hydrogens is 413 g/mol. The summed E-state index contributed by atoms with van der Waals surface area (Å²) in [4.78, 5) is 0. The van der Waals surface area contributed by atoms with Crippen LogP contribution >= 0.6 is 0 Å². The van der Waals surface area contributed by atoms with Crippen LogP contribution in [0.15, 0.2) is 18.2 Å². The molecule has 29 heavy (non-hydrogen) atoms. The molecular formula is C25H51Si4. The molecule has 0 aliphatic rings. The van der Waals surface area contributed by atoms with Crippen LogP contribution in [0.5, 0.6) is 0 Å². The maximum Gasteiger partial charge on any atom is 0.0450 e. The fourth-order valence-corrected chi connectivity index (χ4v) is 26.1. The Bertz CT molecular complexity index is 650. The van der Waals surface area contributed by atoms with Gasteiger partial charge in [0.2, 0.25) is 0 Å². The molecule has 0 amide bonds. The van der Waals surface area contributed by atoms with Crippen LogP contribution in [0.4, 0.5) is 0 Å². The number of hydrogen-bond acceptors (Lipinski definition) is 0. The summed E-state index contributed by atoms with van der Waals surface area (Å²) in [5.74, 6) is 0. The zero-order chi connectivity index (χ0) is 23.0. The van der Waals surface area contributed by atoms with Crippen LogP contribution in [-0.4, -0.2) is 33.0 Å². The van der Waals surface area contributed by atoms with Crippen LogP contribution in [0.2, 0.25) is 82.3 Å². The van der Waals surface area contributed by atoms with Gasteiger partial charge >= 0.3 is 0 Å². The Kier molecular flexibility index (Phi) is 8.69. The first-order valence-corrected chi connectivity index (χ1v) is 25.0. The lowest BCUT2D eigenvalue weighted by Crippen LogP contribution is -2.45. The monoisotopic (exact) mass is 463 g/mol. The second-order valence-corrected chi connectivity index (χ2v) is 34.2. The zero-order valence-corrected chi connectivity index (χ0v) is 26.3. The van der Waals surface area contributed by atoms with E-state index in [0.717, 1.165) is 10.3 Å². The third-order valence-electron chi connectivity index (χ3n) is 6.67. The molecule has 0 bridgehead atoms. The Balaban J connectivity index is 3.54. The molecule has 0 saturated heterocycles. The fourth-order valence-electron chi connectivity index (χ4n) is 5.68. The van der Waals surface area contributed by atoms with Crippen molar-refractivity contribution in [1.29, 1.82) is 0 Å². The van der Waals surface area contributed by atoms with Crippen LogP contribution in [0.25, 0.3) is 0 Å². The standard InChI is InChI=1S/C25H51Si4/c1-25(2,3)24-20(18-22(26(4)5)27(6,7)8)16-15-17-21(24)19-23(28(9,10)11)29(12,13)14/h15-17,22-23H,18-19H2,1-14H3. The molecule has 0 N–H and O–H groups in total. The Morgan fingerprint density at radius 3 is 1.45 bits per heavy atom. The van der Waals surface area contributed by atoms with E-state index in [1.807, 2.05) is 0 Å².